The van der Waals surface area contributed by atoms with Crippen LogP contribution in [0.15, 0.2) is 41.0 Å². The van der Waals surface area contributed by atoms with Crippen LogP contribution in [0.1, 0.15) is 68.9 Å². The van der Waals surface area contributed by atoms with Gasteiger partial charge in [-0.3, -0.25) is 4.79 Å². The van der Waals surface area contributed by atoms with E-state index in [2.05, 4.69) is 0 Å². The molecule has 2 fully saturated rings. The Hall–Kier alpha value is -2.32. The number of aliphatic hydroxyl groups is 1. The second-order valence-corrected chi connectivity index (χ2v) is 10.6. The first-order chi connectivity index (χ1) is 15.5. The lowest BCUT2D eigenvalue weighted by molar-refractivity contribution is -0.209. The van der Waals surface area contributed by atoms with Gasteiger partial charge in [0.05, 0.1) is 0 Å². The molecule has 0 saturated heterocycles. The molecule has 2 unspecified atom stereocenters. The summed E-state index contributed by atoms with van der Waals surface area (Å²) in [6.07, 6.45) is 10.3. The molecule has 1 aromatic rings. The van der Waals surface area contributed by atoms with Crippen molar-refractivity contribution in [1.82, 2.24) is 0 Å². The molecule has 2 nitrogen and oxygen atoms in total. The van der Waals surface area contributed by atoms with E-state index >= 15 is 8.78 Å². The summed E-state index contributed by atoms with van der Waals surface area (Å²) in [6.45, 7) is 3.62. The third-order valence-corrected chi connectivity index (χ3v) is 9.19. The maximum atomic E-state index is 15.1. The van der Waals surface area contributed by atoms with E-state index in [1.165, 1.54) is 23.3 Å². The predicted octanol–water partition coefficient (Wildman–Crippen LogP) is 6.03. The number of hydrogen-bond acceptors (Lipinski definition) is 2. The van der Waals surface area contributed by atoms with Crippen molar-refractivity contribution in [2.75, 3.05) is 0 Å². The normalized spacial score (nSPS) is 36.0. The Morgan fingerprint density at radius 2 is 1.97 bits per heavy atom. The summed E-state index contributed by atoms with van der Waals surface area (Å²) in [6, 6.07) is 4.64. The van der Waals surface area contributed by atoms with E-state index in [0.29, 0.717) is 25.7 Å². The number of rotatable bonds is 2. The fraction of sp³-hybridized carbons (Fsp3) is 0.536. The molecule has 0 spiro atoms. The Balaban J connectivity index is 1.73. The number of ketones is 1. The topological polar surface area (TPSA) is 37.3 Å². The van der Waals surface area contributed by atoms with Crippen LogP contribution in [-0.2, 0) is 4.79 Å². The Bertz CT molecular complexity index is 1140. The molecule has 33 heavy (non-hydrogen) atoms. The monoisotopic (exact) mass is 454 g/mol. The lowest BCUT2D eigenvalue weighted by Gasteiger charge is -2.55. The average molecular weight is 455 g/mol. The van der Waals surface area contributed by atoms with Gasteiger partial charge in [0.15, 0.2) is 5.78 Å². The Labute approximate surface area is 193 Å². The highest BCUT2D eigenvalue weighted by Gasteiger charge is 2.71. The van der Waals surface area contributed by atoms with Crippen LogP contribution < -0.4 is 0 Å². The standard InChI is InChI=1S/C28H29F3O2/c1-4-28(30,31)27(33)12-11-24-22-8-5-17-14-19(32)7-10-21(17)25(22)23(15-26(24,27)3)20-9-6-18(29)13-16(20)2/h1,6,9,13-14,22-24,33H,5,7-8,10-12,15H2,2-3H3/t22?,23-,24?,26+,27+/m1/s1. The lowest BCUT2D eigenvalue weighted by Crippen LogP contribution is -2.60. The van der Waals surface area contributed by atoms with Gasteiger partial charge in [0.1, 0.15) is 11.4 Å². The molecule has 0 aliphatic heterocycles. The Kier molecular flexibility index (Phi) is 5.00. The predicted molar refractivity (Wildman–Crippen MR) is 120 cm³/mol. The smallest absolute Gasteiger partial charge is 0.336 e. The Morgan fingerprint density at radius 1 is 1.21 bits per heavy atom. The van der Waals surface area contributed by atoms with Crippen molar-refractivity contribution < 1.29 is 23.1 Å². The van der Waals surface area contributed by atoms with E-state index < -0.39 is 16.9 Å². The van der Waals surface area contributed by atoms with Crippen LogP contribution in [0.2, 0.25) is 0 Å². The van der Waals surface area contributed by atoms with Gasteiger partial charge < -0.3 is 5.11 Å². The number of allylic oxidation sites excluding steroid dienone is 4. The van der Waals surface area contributed by atoms with Crippen molar-refractivity contribution in [2.45, 2.75) is 76.2 Å². The molecule has 5 heteroatoms. The van der Waals surface area contributed by atoms with E-state index in [4.69, 9.17) is 6.42 Å². The number of hydrogen-bond donors (Lipinski definition) is 1. The van der Waals surface area contributed by atoms with Crippen molar-refractivity contribution in [2.24, 2.45) is 17.3 Å². The average Bonchev–Trinajstić information content (AvgIpc) is 3.05. The second-order valence-electron chi connectivity index (χ2n) is 10.6. The van der Waals surface area contributed by atoms with Gasteiger partial charge in [-0.25, -0.2) is 4.39 Å². The maximum absolute atomic E-state index is 15.1. The van der Waals surface area contributed by atoms with Crippen molar-refractivity contribution in [1.29, 1.82) is 0 Å². The zero-order chi connectivity index (χ0) is 23.8. The SMILES string of the molecule is C#CC(F)(F)[C@]1(O)CCC2C3CCC4=CC(=O)CCC4=C3[C@@H](c3ccc(F)cc3C)C[C@@]21C. The van der Waals surface area contributed by atoms with E-state index in [-0.39, 0.29) is 35.8 Å². The van der Waals surface area contributed by atoms with Gasteiger partial charge in [-0.2, -0.15) is 8.78 Å². The quantitative estimate of drug-likeness (QED) is 0.554. The highest BCUT2D eigenvalue weighted by molar-refractivity contribution is 5.93. The first-order valence-corrected chi connectivity index (χ1v) is 11.8. The molecule has 0 aromatic heterocycles. The van der Waals surface area contributed by atoms with Crippen LogP contribution >= 0.6 is 0 Å². The van der Waals surface area contributed by atoms with E-state index in [0.717, 1.165) is 29.5 Å². The van der Waals surface area contributed by atoms with Gasteiger partial charge in [0.25, 0.3) is 0 Å². The molecule has 0 radical (unpaired) electrons. The third-order valence-electron chi connectivity index (χ3n) is 9.19. The van der Waals surface area contributed by atoms with Crippen LogP contribution in [0.5, 0.6) is 0 Å². The summed E-state index contributed by atoms with van der Waals surface area (Å²) in [5.74, 6) is -2.59. The van der Waals surface area contributed by atoms with Gasteiger partial charge in [0, 0.05) is 17.8 Å². The third kappa shape index (κ3) is 3.03. The largest absolute Gasteiger partial charge is 0.382 e. The number of halogens is 3. The zero-order valence-corrected chi connectivity index (χ0v) is 19.1. The first-order valence-electron chi connectivity index (χ1n) is 11.8. The summed E-state index contributed by atoms with van der Waals surface area (Å²) in [5.41, 5.74) is 1.75. The maximum Gasteiger partial charge on any atom is 0.336 e. The molecular weight excluding hydrogens is 425 g/mol. The van der Waals surface area contributed by atoms with Crippen molar-refractivity contribution >= 4 is 5.78 Å². The number of benzene rings is 1. The molecular formula is C28H29F3O2. The summed E-state index contributed by atoms with van der Waals surface area (Å²) in [4.78, 5) is 12.1. The minimum atomic E-state index is -3.64. The number of carbonyl (C=O) groups is 1. The van der Waals surface area contributed by atoms with Crippen LogP contribution in [-0.4, -0.2) is 22.4 Å². The molecule has 174 valence electrons. The summed E-state index contributed by atoms with van der Waals surface area (Å²) in [5, 5.41) is 11.5. The molecule has 4 aliphatic carbocycles. The summed E-state index contributed by atoms with van der Waals surface area (Å²) >= 11 is 0. The minimum absolute atomic E-state index is 0.0288. The van der Waals surface area contributed by atoms with Crippen LogP contribution in [0.4, 0.5) is 13.2 Å². The molecule has 5 atom stereocenters. The zero-order valence-electron chi connectivity index (χ0n) is 19.1. The molecule has 4 aliphatic rings. The second kappa shape index (κ2) is 7.34. The highest BCUT2D eigenvalue weighted by Crippen LogP contribution is 2.69. The van der Waals surface area contributed by atoms with Gasteiger partial charge in [-0.05, 0) is 104 Å². The molecule has 1 N–H and O–H groups in total. The molecule has 2 saturated carbocycles. The number of aryl methyl sites for hydroxylation is 1. The Morgan fingerprint density at radius 3 is 2.67 bits per heavy atom. The molecule has 0 heterocycles. The first kappa shape index (κ1) is 22.5. The van der Waals surface area contributed by atoms with Crippen LogP contribution in [0, 0.1) is 42.3 Å². The summed E-state index contributed by atoms with van der Waals surface area (Å²) < 4.78 is 44.1. The fourth-order valence-corrected chi connectivity index (χ4v) is 7.61. The number of alkyl halides is 2. The van der Waals surface area contributed by atoms with Gasteiger partial charge in [-0.15, -0.1) is 6.42 Å². The van der Waals surface area contributed by atoms with Crippen molar-refractivity contribution in [3.05, 3.63) is 57.9 Å². The number of fused-ring (bicyclic) bond motifs is 4. The highest BCUT2D eigenvalue weighted by atomic mass is 19.3. The number of carbonyl (C=O) groups excluding carboxylic acids is 1. The van der Waals surface area contributed by atoms with Crippen LogP contribution in [0.25, 0.3) is 0 Å². The molecule has 1 aromatic carbocycles. The van der Waals surface area contributed by atoms with Crippen molar-refractivity contribution in [3.8, 4) is 12.3 Å². The van der Waals surface area contributed by atoms with Gasteiger partial charge in [0.2, 0.25) is 0 Å². The van der Waals surface area contributed by atoms with Crippen molar-refractivity contribution in [3.63, 3.8) is 0 Å². The molecule has 5 rings (SSSR count). The van der Waals surface area contributed by atoms with E-state index in [9.17, 15) is 14.3 Å². The van der Waals surface area contributed by atoms with Gasteiger partial charge in [-0.1, -0.05) is 18.6 Å². The minimum Gasteiger partial charge on any atom is -0.382 e. The van der Waals surface area contributed by atoms with Gasteiger partial charge >= 0.3 is 5.92 Å². The van der Waals surface area contributed by atoms with E-state index in [1.54, 1.807) is 25.0 Å². The molecule has 0 amide bonds. The fourth-order valence-electron chi connectivity index (χ4n) is 7.61. The summed E-state index contributed by atoms with van der Waals surface area (Å²) in [7, 11) is 0. The van der Waals surface area contributed by atoms with E-state index in [1.807, 2.05) is 6.92 Å². The van der Waals surface area contributed by atoms with Crippen LogP contribution in [0.3, 0.4) is 0 Å². The molecule has 0 bridgehead atoms. The lowest BCUT2D eigenvalue weighted by atomic mass is 9.50. The number of terminal acetylenes is 1.